The zero-order valence-electron chi connectivity index (χ0n) is 14.4. The van der Waals surface area contributed by atoms with E-state index in [0.717, 1.165) is 25.9 Å². The van der Waals surface area contributed by atoms with Gasteiger partial charge in [-0.3, -0.25) is 0 Å². The molecule has 136 valence electrons. The molecule has 0 spiro atoms. The van der Waals surface area contributed by atoms with Gasteiger partial charge >= 0.3 is 12.6 Å². The quantitative estimate of drug-likeness (QED) is 0.835. The molecule has 5 nitrogen and oxygen atoms in total. The average Bonchev–Trinajstić information content (AvgIpc) is 2.98. The maximum absolute atomic E-state index is 12.5. The van der Waals surface area contributed by atoms with E-state index in [1.54, 1.807) is 6.07 Å². The van der Waals surface area contributed by atoms with Crippen molar-refractivity contribution < 1.29 is 23.0 Å². The number of esters is 1. The number of carbonyl (C=O) groups is 1. The van der Waals surface area contributed by atoms with Gasteiger partial charge in [-0.05, 0) is 51.2 Å². The summed E-state index contributed by atoms with van der Waals surface area (Å²) in [6.07, 6.45) is 3.48. The smallest absolute Gasteiger partial charge is 0.387 e. The van der Waals surface area contributed by atoms with Gasteiger partial charge in [0, 0.05) is 22.5 Å². The molecular weight excluding hydrogens is 330 g/mol. The fraction of sp³-hybridized carbons (Fsp3) is 0.500. The van der Waals surface area contributed by atoms with Gasteiger partial charge in [-0.2, -0.15) is 8.78 Å². The van der Waals surface area contributed by atoms with E-state index in [9.17, 15) is 13.6 Å². The van der Waals surface area contributed by atoms with Crippen LogP contribution in [0.5, 0.6) is 5.75 Å². The Kier molecular flexibility index (Phi) is 4.94. The molecule has 25 heavy (non-hydrogen) atoms. The number of aromatic nitrogens is 1. The van der Waals surface area contributed by atoms with Crippen molar-refractivity contribution in [3.63, 3.8) is 0 Å². The lowest BCUT2D eigenvalue weighted by molar-refractivity contribution is -0.0497. The van der Waals surface area contributed by atoms with Gasteiger partial charge in [0.1, 0.15) is 5.75 Å². The van der Waals surface area contributed by atoms with Crippen LogP contribution in [0.15, 0.2) is 24.4 Å². The van der Waals surface area contributed by atoms with Gasteiger partial charge in [0.05, 0.1) is 12.2 Å². The fourth-order valence-electron chi connectivity index (χ4n) is 3.07. The first-order valence-electron chi connectivity index (χ1n) is 8.28. The summed E-state index contributed by atoms with van der Waals surface area (Å²) in [7, 11) is 2.08. The molecule has 1 N–H and O–H groups in total. The van der Waals surface area contributed by atoms with Crippen LogP contribution in [0.3, 0.4) is 0 Å². The van der Waals surface area contributed by atoms with Gasteiger partial charge in [-0.1, -0.05) is 6.92 Å². The van der Waals surface area contributed by atoms with Crippen molar-refractivity contribution in [3.8, 4) is 5.75 Å². The number of piperidine rings is 1. The van der Waals surface area contributed by atoms with Crippen molar-refractivity contribution in [3.05, 3.63) is 30.0 Å². The molecule has 3 rings (SSSR count). The molecule has 0 radical (unpaired) electrons. The van der Waals surface area contributed by atoms with Gasteiger partial charge in [0.15, 0.2) is 0 Å². The minimum Gasteiger partial charge on any atom is -0.461 e. The highest BCUT2D eigenvalue weighted by Crippen LogP contribution is 2.31. The summed E-state index contributed by atoms with van der Waals surface area (Å²) in [5.41, 5.74) is 0.961. The van der Waals surface area contributed by atoms with E-state index in [2.05, 4.69) is 28.6 Å². The average molecular weight is 352 g/mol. The highest BCUT2D eigenvalue weighted by Gasteiger charge is 2.30. The maximum atomic E-state index is 12.5. The summed E-state index contributed by atoms with van der Waals surface area (Å²) in [5, 5.41) is 0.511. The predicted octanol–water partition coefficient (Wildman–Crippen LogP) is 3.66. The Hall–Kier alpha value is -2.15. The minimum absolute atomic E-state index is 0.0124. The molecule has 0 aliphatic carbocycles. The van der Waals surface area contributed by atoms with Gasteiger partial charge in [-0.15, -0.1) is 0 Å². The first-order valence-corrected chi connectivity index (χ1v) is 8.28. The number of ether oxygens (including phenoxy) is 2. The summed E-state index contributed by atoms with van der Waals surface area (Å²) in [5.74, 6) is -0.445. The number of hydrogen-bond donors (Lipinski definition) is 1. The number of aromatic amines is 1. The molecule has 0 atom stereocenters. The first-order chi connectivity index (χ1) is 11.9. The predicted molar refractivity (Wildman–Crippen MR) is 90.1 cm³/mol. The second kappa shape index (κ2) is 7.00. The van der Waals surface area contributed by atoms with E-state index in [0.29, 0.717) is 23.1 Å². The molecule has 0 saturated carbocycles. The number of rotatable bonds is 5. The molecule has 1 saturated heterocycles. The number of likely N-dealkylation sites (tertiary alicyclic amines) is 1. The van der Waals surface area contributed by atoms with Gasteiger partial charge in [0.25, 0.3) is 0 Å². The van der Waals surface area contributed by atoms with Crippen LogP contribution in [0.1, 0.15) is 30.1 Å². The Balaban J connectivity index is 1.71. The number of H-pyrrole nitrogens is 1. The maximum Gasteiger partial charge on any atom is 0.387 e. The standard InChI is InChI=1S/C18H22F2N2O3/c1-18(5-7-22(2)8-6-18)11-24-16(23)14-10-21-15-4-3-12(9-13(14)15)25-17(19)20/h3-4,9-10,17,21H,5-8,11H2,1-2H3. The van der Waals surface area contributed by atoms with Crippen LogP contribution in [-0.2, 0) is 4.74 Å². The fourth-order valence-corrected chi connectivity index (χ4v) is 3.07. The first kappa shape index (κ1) is 17.7. The van der Waals surface area contributed by atoms with Crippen LogP contribution in [0, 0.1) is 5.41 Å². The minimum atomic E-state index is -2.91. The summed E-state index contributed by atoms with van der Waals surface area (Å²) in [6.45, 7) is 1.53. The van der Waals surface area contributed by atoms with Crippen molar-refractivity contribution in [2.24, 2.45) is 5.41 Å². The molecule has 0 unspecified atom stereocenters. The normalized spacial score (nSPS) is 17.8. The number of fused-ring (bicyclic) bond motifs is 1. The molecule has 0 amide bonds. The zero-order chi connectivity index (χ0) is 18.0. The molecule has 1 aliphatic rings. The van der Waals surface area contributed by atoms with Crippen molar-refractivity contribution in [2.45, 2.75) is 26.4 Å². The van der Waals surface area contributed by atoms with E-state index in [1.165, 1.54) is 18.3 Å². The van der Waals surface area contributed by atoms with Gasteiger partial charge < -0.3 is 19.4 Å². The highest BCUT2D eigenvalue weighted by molar-refractivity contribution is 6.04. The van der Waals surface area contributed by atoms with Crippen LogP contribution in [-0.4, -0.2) is 49.2 Å². The number of nitrogens with zero attached hydrogens (tertiary/aromatic N) is 1. The summed E-state index contributed by atoms with van der Waals surface area (Å²) in [6, 6.07) is 4.45. The van der Waals surface area contributed by atoms with E-state index in [-0.39, 0.29) is 11.2 Å². The Labute approximate surface area is 144 Å². The molecule has 1 aliphatic heterocycles. The molecule has 1 aromatic carbocycles. The van der Waals surface area contributed by atoms with Crippen molar-refractivity contribution in [1.29, 1.82) is 0 Å². The Morgan fingerprint density at radius 3 is 2.76 bits per heavy atom. The topological polar surface area (TPSA) is 54.6 Å². The molecule has 2 aromatic rings. The van der Waals surface area contributed by atoms with E-state index in [4.69, 9.17) is 4.74 Å². The Bertz CT molecular complexity index is 752. The Morgan fingerprint density at radius 1 is 1.36 bits per heavy atom. The summed E-state index contributed by atoms with van der Waals surface area (Å²) < 4.78 is 34.7. The SMILES string of the molecule is CN1CCC(C)(COC(=O)c2c[nH]c3ccc(OC(F)F)cc23)CC1. The molecule has 0 bridgehead atoms. The van der Waals surface area contributed by atoms with Crippen LogP contribution in [0.25, 0.3) is 10.9 Å². The number of nitrogens with one attached hydrogen (secondary N) is 1. The summed E-state index contributed by atoms with van der Waals surface area (Å²) in [4.78, 5) is 17.7. The monoisotopic (exact) mass is 352 g/mol. The van der Waals surface area contributed by atoms with E-state index < -0.39 is 12.6 Å². The lowest BCUT2D eigenvalue weighted by atomic mass is 9.81. The number of halogens is 2. The number of benzene rings is 1. The molecule has 1 aromatic heterocycles. The van der Waals surface area contributed by atoms with E-state index >= 15 is 0 Å². The molecule has 7 heteroatoms. The lowest BCUT2D eigenvalue weighted by Crippen LogP contribution is -2.39. The van der Waals surface area contributed by atoms with Crippen molar-refractivity contribution >= 4 is 16.9 Å². The van der Waals surface area contributed by atoms with E-state index in [1.807, 2.05) is 0 Å². The Morgan fingerprint density at radius 2 is 2.08 bits per heavy atom. The second-order valence-electron chi connectivity index (χ2n) is 6.98. The summed E-state index contributed by atoms with van der Waals surface area (Å²) >= 11 is 0. The lowest BCUT2D eigenvalue weighted by Gasteiger charge is -2.37. The van der Waals surface area contributed by atoms with Crippen LogP contribution < -0.4 is 4.74 Å². The zero-order valence-corrected chi connectivity index (χ0v) is 14.4. The highest BCUT2D eigenvalue weighted by atomic mass is 19.3. The van der Waals surface area contributed by atoms with Crippen LogP contribution in [0.4, 0.5) is 8.78 Å². The van der Waals surface area contributed by atoms with Crippen molar-refractivity contribution in [2.75, 3.05) is 26.7 Å². The van der Waals surface area contributed by atoms with Crippen molar-refractivity contribution in [1.82, 2.24) is 9.88 Å². The van der Waals surface area contributed by atoms with Crippen LogP contribution >= 0.6 is 0 Å². The third-order valence-corrected chi connectivity index (χ3v) is 4.84. The largest absolute Gasteiger partial charge is 0.461 e. The second-order valence-corrected chi connectivity index (χ2v) is 6.98. The third-order valence-electron chi connectivity index (χ3n) is 4.84. The van der Waals surface area contributed by atoms with Crippen LogP contribution in [0.2, 0.25) is 0 Å². The number of carbonyl (C=O) groups excluding carboxylic acids is 1. The van der Waals surface area contributed by atoms with Gasteiger partial charge in [0.2, 0.25) is 0 Å². The number of alkyl halides is 2. The molecule has 1 fully saturated rings. The molecule has 2 heterocycles. The third kappa shape index (κ3) is 4.10. The molecular formula is C18H22F2N2O3. The number of hydrogen-bond acceptors (Lipinski definition) is 4. The van der Waals surface area contributed by atoms with Gasteiger partial charge in [-0.25, -0.2) is 4.79 Å².